The average molecular weight is 456 g/mol. The quantitative estimate of drug-likeness (QED) is 0.738. The molecule has 1 amide bonds. The van der Waals surface area contributed by atoms with E-state index in [-0.39, 0.29) is 23.5 Å². The third-order valence-electron chi connectivity index (χ3n) is 5.69. The molecular weight excluding hydrogens is 434 g/mol. The van der Waals surface area contributed by atoms with Gasteiger partial charge in [0.15, 0.2) is 17.3 Å². The second-order valence-electron chi connectivity index (χ2n) is 7.39. The molecule has 1 heterocycles. The molecule has 0 bridgehead atoms. The smallest absolute Gasteiger partial charge is 0.225 e. The fraction of sp³-hybridized carbons (Fsp3) is 0.304. The predicted molar refractivity (Wildman–Crippen MR) is 113 cm³/mol. The molecule has 1 N–H and O–H groups in total. The third kappa shape index (κ3) is 3.81. The number of methoxy groups -OCH3 is 2. The van der Waals surface area contributed by atoms with Crippen LogP contribution in [-0.4, -0.2) is 25.9 Å². The van der Waals surface area contributed by atoms with E-state index < -0.39 is 0 Å². The first-order valence-electron chi connectivity index (χ1n) is 9.53. The van der Waals surface area contributed by atoms with Crippen LogP contribution in [0.2, 0.25) is 0 Å². The molecule has 2 aromatic rings. The topological polar surface area (TPSA) is 64.6 Å². The number of halogens is 1. The summed E-state index contributed by atoms with van der Waals surface area (Å²) in [7, 11) is 3.19. The standard InChI is InChI=1S/C23H22BrNO4/c1-28-20-8-5-14(11-21(20)29-2)15-9-18-23(19(26)10-15)17(12-22(27)25-18)13-3-6-16(24)7-4-13/h3-8,11,15,17H,9-10,12H2,1-2H3,(H,25,27)/t15-,17-/m1/s1. The van der Waals surface area contributed by atoms with E-state index in [2.05, 4.69) is 21.2 Å². The van der Waals surface area contributed by atoms with Crippen LogP contribution in [0.5, 0.6) is 11.5 Å². The summed E-state index contributed by atoms with van der Waals surface area (Å²) in [5.41, 5.74) is 3.50. The lowest BCUT2D eigenvalue weighted by Gasteiger charge is -2.34. The van der Waals surface area contributed by atoms with E-state index in [9.17, 15) is 9.59 Å². The van der Waals surface area contributed by atoms with Crippen molar-refractivity contribution >= 4 is 27.6 Å². The third-order valence-corrected chi connectivity index (χ3v) is 6.22. The average Bonchev–Trinajstić information content (AvgIpc) is 2.72. The number of allylic oxidation sites excluding steroid dienone is 2. The van der Waals surface area contributed by atoms with E-state index in [0.717, 1.165) is 26.9 Å². The van der Waals surface area contributed by atoms with Gasteiger partial charge >= 0.3 is 0 Å². The molecule has 0 unspecified atom stereocenters. The van der Waals surface area contributed by atoms with Crippen LogP contribution < -0.4 is 14.8 Å². The predicted octanol–water partition coefficient (Wildman–Crippen LogP) is 4.47. The van der Waals surface area contributed by atoms with Crippen molar-refractivity contribution in [3.63, 3.8) is 0 Å². The van der Waals surface area contributed by atoms with Gasteiger partial charge < -0.3 is 14.8 Å². The van der Waals surface area contributed by atoms with Crippen LogP contribution in [0, 0.1) is 0 Å². The Kier molecular flexibility index (Phi) is 5.46. The highest BCUT2D eigenvalue weighted by Crippen LogP contribution is 2.43. The van der Waals surface area contributed by atoms with Gasteiger partial charge in [-0.15, -0.1) is 0 Å². The summed E-state index contributed by atoms with van der Waals surface area (Å²) in [4.78, 5) is 25.6. The molecule has 5 nitrogen and oxygen atoms in total. The molecule has 0 spiro atoms. The molecular formula is C23H22BrNO4. The van der Waals surface area contributed by atoms with Crippen molar-refractivity contribution in [3.05, 3.63) is 69.3 Å². The minimum atomic E-state index is -0.189. The van der Waals surface area contributed by atoms with E-state index in [1.807, 2.05) is 42.5 Å². The summed E-state index contributed by atoms with van der Waals surface area (Å²) < 4.78 is 11.7. The zero-order valence-electron chi connectivity index (χ0n) is 16.3. The van der Waals surface area contributed by atoms with Crippen molar-refractivity contribution in [1.82, 2.24) is 5.32 Å². The maximum Gasteiger partial charge on any atom is 0.225 e. The molecule has 0 fully saturated rings. The van der Waals surface area contributed by atoms with E-state index >= 15 is 0 Å². The molecule has 2 atom stereocenters. The molecule has 1 aliphatic heterocycles. The Balaban J connectivity index is 1.68. The van der Waals surface area contributed by atoms with Gasteiger partial charge in [0.1, 0.15) is 0 Å². The van der Waals surface area contributed by atoms with E-state index in [1.165, 1.54) is 0 Å². The first-order valence-corrected chi connectivity index (χ1v) is 10.3. The van der Waals surface area contributed by atoms with Crippen molar-refractivity contribution in [2.45, 2.75) is 31.1 Å². The number of ether oxygens (including phenoxy) is 2. The van der Waals surface area contributed by atoms with Crippen LogP contribution in [0.3, 0.4) is 0 Å². The highest BCUT2D eigenvalue weighted by atomic mass is 79.9. The largest absolute Gasteiger partial charge is 0.493 e. The lowest BCUT2D eigenvalue weighted by Crippen LogP contribution is -2.38. The zero-order chi connectivity index (χ0) is 20.5. The van der Waals surface area contributed by atoms with Crippen LogP contribution in [0.4, 0.5) is 0 Å². The van der Waals surface area contributed by atoms with Crippen molar-refractivity contribution in [2.24, 2.45) is 0 Å². The molecule has 0 radical (unpaired) electrons. The Labute approximate surface area is 178 Å². The Morgan fingerprint density at radius 2 is 1.59 bits per heavy atom. The van der Waals surface area contributed by atoms with Crippen LogP contribution in [0.15, 0.2) is 58.2 Å². The number of carbonyl (C=O) groups excluding carboxylic acids is 2. The molecule has 0 aromatic heterocycles. The number of amides is 1. The minimum absolute atomic E-state index is 0.00924. The summed E-state index contributed by atoms with van der Waals surface area (Å²) in [6, 6.07) is 13.6. The number of benzene rings is 2. The fourth-order valence-corrected chi connectivity index (χ4v) is 4.55. The number of hydrogen-bond donors (Lipinski definition) is 1. The number of ketones is 1. The van der Waals surface area contributed by atoms with E-state index in [4.69, 9.17) is 9.47 Å². The monoisotopic (exact) mass is 455 g/mol. The zero-order valence-corrected chi connectivity index (χ0v) is 17.9. The maximum absolute atomic E-state index is 13.2. The van der Waals surface area contributed by atoms with Crippen molar-refractivity contribution in [3.8, 4) is 11.5 Å². The summed E-state index contributed by atoms with van der Waals surface area (Å²) in [5, 5.41) is 2.97. The normalized spacial score (nSPS) is 21.5. The van der Waals surface area contributed by atoms with E-state index in [0.29, 0.717) is 30.8 Å². The summed E-state index contributed by atoms with van der Waals surface area (Å²) >= 11 is 3.44. The fourth-order valence-electron chi connectivity index (χ4n) is 4.28. The number of carbonyl (C=O) groups is 2. The summed E-state index contributed by atoms with van der Waals surface area (Å²) in [5.74, 6) is 1.14. The van der Waals surface area contributed by atoms with Crippen LogP contribution in [-0.2, 0) is 9.59 Å². The first-order chi connectivity index (χ1) is 14.0. The Morgan fingerprint density at radius 1 is 0.897 bits per heavy atom. The molecule has 1 aliphatic carbocycles. The molecule has 6 heteroatoms. The molecule has 29 heavy (non-hydrogen) atoms. The summed E-state index contributed by atoms with van der Waals surface area (Å²) in [6.45, 7) is 0. The van der Waals surface area contributed by atoms with Gasteiger partial charge in [0, 0.05) is 34.5 Å². The second kappa shape index (κ2) is 8.03. The van der Waals surface area contributed by atoms with Gasteiger partial charge in [-0.2, -0.15) is 0 Å². The molecule has 2 aromatic carbocycles. The molecule has 2 aliphatic rings. The first kappa shape index (κ1) is 19.7. The van der Waals surface area contributed by atoms with Gasteiger partial charge in [0.25, 0.3) is 0 Å². The molecule has 0 saturated heterocycles. The molecule has 4 rings (SSSR count). The van der Waals surface area contributed by atoms with Crippen LogP contribution >= 0.6 is 15.9 Å². The van der Waals surface area contributed by atoms with Gasteiger partial charge in [-0.25, -0.2) is 0 Å². The highest BCUT2D eigenvalue weighted by molar-refractivity contribution is 9.10. The highest BCUT2D eigenvalue weighted by Gasteiger charge is 2.38. The lowest BCUT2D eigenvalue weighted by molar-refractivity contribution is -0.122. The van der Waals surface area contributed by atoms with Gasteiger partial charge in [-0.1, -0.05) is 34.1 Å². The molecule has 0 saturated carbocycles. The molecule has 150 valence electrons. The number of nitrogens with one attached hydrogen (secondary N) is 1. The summed E-state index contributed by atoms with van der Waals surface area (Å²) in [6.07, 6.45) is 1.33. The van der Waals surface area contributed by atoms with Crippen molar-refractivity contribution < 1.29 is 19.1 Å². The second-order valence-corrected chi connectivity index (χ2v) is 8.31. The number of Topliss-reactive ketones (excluding diaryl/α,β-unsaturated/α-hetero) is 1. The number of hydrogen-bond acceptors (Lipinski definition) is 4. The minimum Gasteiger partial charge on any atom is -0.493 e. The van der Waals surface area contributed by atoms with Gasteiger partial charge in [0.05, 0.1) is 14.2 Å². The Hall–Kier alpha value is -2.60. The van der Waals surface area contributed by atoms with E-state index in [1.54, 1.807) is 14.2 Å². The van der Waals surface area contributed by atoms with Crippen LogP contribution in [0.25, 0.3) is 0 Å². The maximum atomic E-state index is 13.2. The van der Waals surface area contributed by atoms with Gasteiger partial charge in [-0.05, 0) is 47.7 Å². The Morgan fingerprint density at radius 3 is 2.28 bits per heavy atom. The van der Waals surface area contributed by atoms with Gasteiger partial charge in [-0.3, -0.25) is 9.59 Å². The Bertz CT molecular complexity index is 996. The van der Waals surface area contributed by atoms with Crippen molar-refractivity contribution in [1.29, 1.82) is 0 Å². The van der Waals surface area contributed by atoms with Crippen molar-refractivity contribution in [2.75, 3.05) is 14.2 Å². The number of rotatable bonds is 4. The SMILES string of the molecule is COc1ccc([C@H]2CC(=O)C3=C(C2)NC(=O)C[C@@H]3c2ccc(Br)cc2)cc1OC. The lowest BCUT2D eigenvalue weighted by atomic mass is 9.73. The van der Waals surface area contributed by atoms with Crippen LogP contribution in [0.1, 0.15) is 42.2 Å². The van der Waals surface area contributed by atoms with Gasteiger partial charge in [0.2, 0.25) is 5.91 Å².